The fraction of sp³-hybridized carbons (Fsp3) is 1.00. The van der Waals surface area contributed by atoms with Gasteiger partial charge in [-0.1, -0.05) is 39.0 Å². The van der Waals surface area contributed by atoms with E-state index in [1.54, 1.807) is 0 Å². The van der Waals surface area contributed by atoms with Crippen molar-refractivity contribution in [1.29, 1.82) is 0 Å². The summed E-state index contributed by atoms with van der Waals surface area (Å²) in [5.41, 5.74) is 0.365. The molecule has 0 N–H and O–H groups in total. The fourth-order valence-electron chi connectivity index (χ4n) is 4.11. The van der Waals surface area contributed by atoms with Crippen molar-refractivity contribution in [3.05, 3.63) is 0 Å². The number of rotatable bonds is 2. The molecule has 1 heteroatoms. The van der Waals surface area contributed by atoms with E-state index in [0.29, 0.717) is 5.54 Å². The minimum atomic E-state index is 0.365. The van der Waals surface area contributed by atoms with Crippen molar-refractivity contribution < 1.29 is 0 Å². The zero-order valence-electron chi connectivity index (χ0n) is 12.3. The van der Waals surface area contributed by atoms with Gasteiger partial charge < -0.3 is 0 Å². The molecular weight excluding hydrogens is 206 g/mol. The third-order valence-corrected chi connectivity index (χ3v) is 5.10. The first kappa shape index (κ1) is 13.4. The van der Waals surface area contributed by atoms with E-state index in [9.17, 15) is 0 Å². The average molecular weight is 237 g/mol. The highest BCUT2D eigenvalue weighted by Crippen LogP contribution is 2.40. The molecule has 0 bridgehead atoms. The molecule has 0 amide bonds. The Kier molecular flexibility index (Phi) is 4.18. The van der Waals surface area contributed by atoms with Crippen molar-refractivity contribution >= 4 is 0 Å². The average Bonchev–Trinajstić information content (AvgIpc) is 2.74. The molecule has 100 valence electrons. The van der Waals surface area contributed by atoms with Gasteiger partial charge in [-0.05, 0) is 45.4 Å². The minimum absolute atomic E-state index is 0.365. The Morgan fingerprint density at radius 1 is 1.00 bits per heavy atom. The van der Waals surface area contributed by atoms with E-state index in [1.165, 1.54) is 51.5 Å². The zero-order chi connectivity index (χ0) is 12.5. The van der Waals surface area contributed by atoms with E-state index in [-0.39, 0.29) is 0 Å². The second-order valence-corrected chi connectivity index (χ2v) is 7.28. The van der Waals surface area contributed by atoms with Crippen LogP contribution < -0.4 is 0 Å². The zero-order valence-corrected chi connectivity index (χ0v) is 12.3. The van der Waals surface area contributed by atoms with Gasteiger partial charge in [0.25, 0.3) is 0 Å². The summed E-state index contributed by atoms with van der Waals surface area (Å²) in [6.45, 7) is 10.9. The molecule has 1 saturated heterocycles. The van der Waals surface area contributed by atoms with E-state index in [4.69, 9.17) is 0 Å². The van der Waals surface area contributed by atoms with Gasteiger partial charge in [0, 0.05) is 18.1 Å². The monoisotopic (exact) mass is 237 g/mol. The first-order valence-corrected chi connectivity index (χ1v) is 7.79. The summed E-state index contributed by atoms with van der Waals surface area (Å²) in [7, 11) is 0. The Balaban J connectivity index is 1.98. The number of hydrogen-bond acceptors (Lipinski definition) is 1. The molecule has 0 aromatic rings. The van der Waals surface area contributed by atoms with Crippen LogP contribution in [0, 0.1) is 11.8 Å². The fourth-order valence-corrected chi connectivity index (χ4v) is 4.11. The van der Waals surface area contributed by atoms with E-state index in [1.807, 2.05) is 0 Å². The SMILES string of the molecule is CCC1CC(C2CCCCC2)CN1C(C)(C)C. The van der Waals surface area contributed by atoms with Gasteiger partial charge in [0.2, 0.25) is 0 Å². The lowest BCUT2D eigenvalue weighted by molar-refractivity contribution is 0.111. The molecule has 2 fully saturated rings. The lowest BCUT2D eigenvalue weighted by atomic mass is 9.79. The molecule has 2 unspecified atom stereocenters. The Morgan fingerprint density at radius 3 is 2.12 bits per heavy atom. The van der Waals surface area contributed by atoms with Crippen LogP contribution in [0.2, 0.25) is 0 Å². The van der Waals surface area contributed by atoms with Crippen LogP contribution in [0.4, 0.5) is 0 Å². The Bertz CT molecular complexity index is 234. The van der Waals surface area contributed by atoms with E-state index in [2.05, 4.69) is 32.6 Å². The summed E-state index contributed by atoms with van der Waals surface area (Å²) in [5, 5.41) is 0. The molecule has 2 rings (SSSR count). The standard InChI is InChI=1S/C16H31N/c1-5-15-11-14(12-17(15)16(2,3)4)13-9-7-6-8-10-13/h13-15H,5-12H2,1-4H3. The van der Waals surface area contributed by atoms with E-state index < -0.39 is 0 Å². The normalized spacial score (nSPS) is 33.2. The lowest BCUT2D eigenvalue weighted by Crippen LogP contribution is -2.44. The topological polar surface area (TPSA) is 3.24 Å². The van der Waals surface area contributed by atoms with Crippen LogP contribution in [-0.2, 0) is 0 Å². The Hall–Kier alpha value is -0.0400. The molecule has 0 aromatic carbocycles. The van der Waals surface area contributed by atoms with Crippen LogP contribution in [0.25, 0.3) is 0 Å². The van der Waals surface area contributed by atoms with Gasteiger partial charge >= 0.3 is 0 Å². The smallest absolute Gasteiger partial charge is 0.0128 e. The van der Waals surface area contributed by atoms with Crippen molar-refractivity contribution in [2.45, 2.75) is 84.2 Å². The second kappa shape index (κ2) is 5.30. The quantitative estimate of drug-likeness (QED) is 0.685. The van der Waals surface area contributed by atoms with Crippen molar-refractivity contribution in [1.82, 2.24) is 4.90 Å². The van der Waals surface area contributed by atoms with Gasteiger partial charge in [0.15, 0.2) is 0 Å². The van der Waals surface area contributed by atoms with Crippen LogP contribution in [0.15, 0.2) is 0 Å². The van der Waals surface area contributed by atoms with Gasteiger partial charge in [0.1, 0.15) is 0 Å². The van der Waals surface area contributed by atoms with Crippen LogP contribution in [0.3, 0.4) is 0 Å². The van der Waals surface area contributed by atoms with Crippen LogP contribution in [0.5, 0.6) is 0 Å². The molecule has 1 nitrogen and oxygen atoms in total. The van der Waals surface area contributed by atoms with Crippen LogP contribution >= 0.6 is 0 Å². The van der Waals surface area contributed by atoms with E-state index >= 15 is 0 Å². The van der Waals surface area contributed by atoms with Gasteiger partial charge in [0.05, 0.1) is 0 Å². The summed E-state index contributed by atoms with van der Waals surface area (Å²) in [4.78, 5) is 2.78. The van der Waals surface area contributed by atoms with Gasteiger partial charge in [-0.25, -0.2) is 0 Å². The summed E-state index contributed by atoms with van der Waals surface area (Å²) in [5.74, 6) is 2.05. The van der Waals surface area contributed by atoms with Crippen molar-refractivity contribution in [3.8, 4) is 0 Å². The highest BCUT2D eigenvalue weighted by Gasteiger charge is 2.40. The van der Waals surface area contributed by atoms with Gasteiger partial charge in [-0.2, -0.15) is 0 Å². The first-order valence-electron chi connectivity index (χ1n) is 7.79. The molecule has 2 atom stereocenters. The molecule has 0 radical (unpaired) electrons. The van der Waals surface area contributed by atoms with Crippen molar-refractivity contribution in [3.63, 3.8) is 0 Å². The summed E-state index contributed by atoms with van der Waals surface area (Å²) < 4.78 is 0. The predicted octanol–water partition coefficient (Wildman–Crippen LogP) is 4.47. The number of nitrogens with zero attached hydrogens (tertiary/aromatic N) is 1. The van der Waals surface area contributed by atoms with Gasteiger partial charge in [-0.3, -0.25) is 4.90 Å². The maximum atomic E-state index is 2.78. The molecule has 1 aliphatic heterocycles. The third-order valence-electron chi connectivity index (χ3n) is 5.10. The summed E-state index contributed by atoms with van der Waals surface area (Å²) >= 11 is 0. The van der Waals surface area contributed by atoms with Gasteiger partial charge in [-0.15, -0.1) is 0 Å². The minimum Gasteiger partial charge on any atom is -0.295 e. The van der Waals surface area contributed by atoms with Crippen molar-refractivity contribution in [2.75, 3.05) is 6.54 Å². The summed E-state index contributed by atoms with van der Waals surface area (Å²) in [6, 6.07) is 0.849. The van der Waals surface area contributed by atoms with Crippen LogP contribution in [0.1, 0.15) is 72.6 Å². The maximum Gasteiger partial charge on any atom is 0.0128 e. The Morgan fingerprint density at radius 2 is 1.65 bits per heavy atom. The largest absolute Gasteiger partial charge is 0.295 e. The molecule has 1 aliphatic carbocycles. The number of likely N-dealkylation sites (tertiary alicyclic amines) is 1. The first-order chi connectivity index (χ1) is 8.02. The predicted molar refractivity (Wildman–Crippen MR) is 75.2 cm³/mol. The third kappa shape index (κ3) is 3.05. The highest BCUT2D eigenvalue weighted by molar-refractivity contribution is 4.94. The van der Waals surface area contributed by atoms with E-state index in [0.717, 1.165) is 17.9 Å². The highest BCUT2D eigenvalue weighted by atomic mass is 15.2. The molecule has 0 aromatic heterocycles. The molecular formula is C16H31N. The molecule has 2 aliphatic rings. The molecule has 0 spiro atoms. The van der Waals surface area contributed by atoms with Crippen LogP contribution in [-0.4, -0.2) is 23.0 Å². The number of hydrogen-bond donors (Lipinski definition) is 0. The molecule has 1 saturated carbocycles. The maximum absolute atomic E-state index is 2.78. The second-order valence-electron chi connectivity index (χ2n) is 7.28. The van der Waals surface area contributed by atoms with Crippen molar-refractivity contribution in [2.24, 2.45) is 11.8 Å². The Labute approximate surface area is 108 Å². The molecule has 1 heterocycles. The molecule has 17 heavy (non-hydrogen) atoms. The summed E-state index contributed by atoms with van der Waals surface area (Å²) in [6.07, 6.45) is 10.3. The lowest BCUT2D eigenvalue weighted by Gasteiger charge is -2.37.